The number of rotatable bonds is 10. The summed E-state index contributed by atoms with van der Waals surface area (Å²) in [6.45, 7) is 0.342. The average molecular weight is 526 g/mol. The van der Waals surface area contributed by atoms with E-state index >= 15 is 0 Å². The van der Waals surface area contributed by atoms with Crippen LogP contribution in [0.1, 0.15) is 48.3 Å². The van der Waals surface area contributed by atoms with Gasteiger partial charge in [0, 0.05) is 42.1 Å². The Labute approximate surface area is 215 Å². The molecule has 0 saturated carbocycles. The summed E-state index contributed by atoms with van der Waals surface area (Å²) >= 11 is 0. The molecule has 13 nitrogen and oxygen atoms in total. The van der Waals surface area contributed by atoms with Crippen molar-refractivity contribution in [3.05, 3.63) is 35.7 Å². The number of hydrogen-bond donors (Lipinski definition) is 6. The molecule has 3 amide bonds. The van der Waals surface area contributed by atoms with Crippen LogP contribution in [0.5, 0.6) is 5.75 Å². The minimum absolute atomic E-state index is 0.0101. The second kappa shape index (κ2) is 10.7. The second-order valence-corrected chi connectivity index (χ2v) is 9.18. The third-order valence-electron chi connectivity index (χ3n) is 6.60. The molecule has 1 aliphatic rings. The van der Waals surface area contributed by atoms with E-state index in [2.05, 4.69) is 15.3 Å². The number of nitrogens with two attached hydrogens (primary N) is 1. The minimum Gasteiger partial charge on any atom is -0.508 e. The molecule has 4 rings (SSSR count). The second-order valence-electron chi connectivity index (χ2n) is 9.18. The van der Waals surface area contributed by atoms with Crippen molar-refractivity contribution in [2.75, 3.05) is 6.54 Å². The Hall–Kier alpha value is -4.68. The Morgan fingerprint density at radius 3 is 2.58 bits per heavy atom. The highest BCUT2D eigenvalue weighted by atomic mass is 16.4. The molecule has 0 spiro atoms. The van der Waals surface area contributed by atoms with E-state index in [4.69, 9.17) is 5.73 Å². The molecular formula is C25H27N5O8. The van der Waals surface area contributed by atoms with E-state index in [-0.39, 0.29) is 43.0 Å². The van der Waals surface area contributed by atoms with Gasteiger partial charge in [0.1, 0.15) is 23.5 Å². The van der Waals surface area contributed by atoms with E-state index in [0.717, 1.165) is 0 Å². The van der Waals surface area contributed by atoms with Crippen molar-refractivity contribution in [2.45, 2.75) is 50.6 Å². The number of benzene rings is 1. The molecule has 1 aliphatic heterocycles. The molecule has 0 radical (unpaired) electrons. The number of phenols is 1. The lowest BCUT2D eigenvalue weighted by molar-refractivity contribution is -0.148. The van der Waals surface area contributed by atoms with Gasteiger partial charge in [-0.05, 0) is 43.5 Å². The van der Waals surface area contributed by atoms with Gasteiger partial charge in [0.15, 0.2) is 0 Å². The number of H-pyrrole nitrogens is 1. The van der Waals surface area contributed by atoms with Gasteiger partial charge in [-0.1, -0.05) is 0 Å². The van der Waals surface area contributed by atoms with Crippen LogP contribution in [0.15, 0.2) is 24.3 Å². The summed E-state index contributed by atoms with van der Waals surface area (Å²) in [6.07, 6.45) is 0.530. The van der Waals surface area contributed by atoms with Crippen molar-refractivity contribution in [3.8, 4) is 5.75 Å². The van der Waals surface area contributed by atoms with Crippen molar-refractivity contribution < 1.29 is 39.3 Å². The van der Waals surface area contributed by atoms with Crippen molar-refractivity contribution >= 4 is 51.5 Å². The summed E-state index contributed by atoms with van der Waals surface area (Å²) in [7, 11) is 0. The number of aromatic amines is 1. The number of likely N-dealkylation sites (tertiary alicyclic amines) is 1. The van der Waals surface area contributed by atoms with Crippen LogP contribution in [0.2, 0.25) is 0 Å². The van der Waals surface area contributed by atoms with Crippen LogP contribution in [0, 0.1) is 0 Å². The molecule has 1 aromatic carbocycles. The van der Waals surface area contributed by atoms with Crippen LogP contribution < -0.4 is 11.1 Å². The number of phenolic OH excluding ortho intramolecular Hbond substituents is 1. The first kappa shape index (κ1) is 26.4. The van der Waals surface area contributed by atoms with Gasteiger partial charge in [0.25, 0.3) is 5.91 Å². The van der Waals surface area contributed by atoms with E-state index in [0.29, 0.717) is 46.9 Å². The summed E-state index contributed by atoms with van der Waals surface area (Å²) in [5.74, 6) is -4.29. The highest BCUT2D eigenvalue weighted by Gasteiger charge is 2.33. The fourth-order valence-corrected chi connectivity index (χ4v) is 4.71. The Morgan fingerprint density at radius 1 is 1.13 bits per heavy atom. The quantitative estimate of drug-likeness (QED) is 0.221. The molecule has 7 N–H and O–H groups in total. The Balaban J connectivity index is 1.67. The highest BCUT2D eigenvalue weighted by Crippen LogP contribution is 2.31. The molecule has 38 heavy (non-hydrogen) atoms. The van der Waals surface area contributed by atoms with E-state index in [9.17, 15) is 39.3 Å². The molecule has 0 unspecified atom stereocenters. The van der Waals surface area contributed by atoms with E-state index in [1.807, 2.05) is 0 Å². The van der Waals surface area contributed by atoms with Gasteiger partial charge in [-0.2, -0.15) is 0 Å². The first-order valence-electron chi connectivity index (χ1n) is 12.0. The van der Waals surface area contributed by atoms with Gasteiger partial charge < -0.3 is 36.3 Å². The van der Waals surface area contributed by atoms with Gasteiger partial charge in [0.2, 0.25) is 11.8 Å². The number of hydrogen-bond acceptors (Lipinski definition) is 7. The number of carboxylic acids is 2. The molecule has 3 aromatic rings. The molecular weight excluding hydrogens is 498 g/mol. The number of aromatic nitrogens is 2. The normalized spacial score (nSPS) is 16.0. The summed E-state index contributed by atoms with van der Waals surface area (Å²) in [4.78, 5) is 69.0. The monoisotopic (exact) mass is 525 g/mol. The fourth-order valence-electron chi connectivity index (χ4n) is 4.71. The topological polar surface area (TPSA) is 216 Å². The Bertz CT molecular complexity index is 1450. The smallest absolute Gasteiger partial charge is 0.326 e. The van der Waals surface area contributed by atoms with Crippen molar-refractivity contribution in [2.24, 2.45) is 5.73 Å². The molecule has 13 heteroatoms. The SMILES string of the molecule is NC(=O)CC[C@H](NC(=O)c1cc2c([nH]c3ccc(O)cc32)c(CCC(=O)N2CCC[C@H]2C(=O)O)n1)C(=O)O. The summed E-state index contributed by atoms with van der Waals surface area (Å²) < 4.78 is 0. The third-order valence-corrected chi connectivity index (χ3v) is 6.60. The van der Waals surface area contributed by atoms with E-state index in [1.54, 1.807) is 6.07 Å². The standard InChI is InChI=1S/C25H27N5O8/c26-20(32)7-5-17(24(35)36)29-23(34)18-11-14-13-10-12(31)3-4-15(13)28-22(14)16(27-18)6-8-21(33)30-9-1-2-19(30)25(37)38/h3-4,10-11,17,19,28,31H,1-2,5-9H2,(H2,26,32)(H,29,34)(H,35,36)(H,37,38)/t17-,19-/m0/s1. The number of carbonyl (C=O) groups is 5. The average Bonchev–Trinajstić information content (AvgIpc) is 3.49. The largest absolute Gasteiger partial charge is 0.508 e. The van der Waals surface area contributed by atoms with Gasteiger partial charge in [-0.25, -0.2) is 14.6 Å². The zero-order valence-corrected chi connectivity index (χ0v) is 20.3. The lowest BCUT2D eigenvalue weighted by Gasteiger charge is -2.21. The first-order valence-corrected chi connectivity index (χ1v) is 12.0. The zero-order valence-electron chi connectivity index (χ0n) is 20.3. The van der Waals surface area contributed by atoms with Gasteiger partial charge in [-0.15, -0.1) is 0 Å². The minimum atomic E-state index is -1.38. The molecule has 1 saturated heterocycles. The number of primary amides is 1. The van der Waals surface area contributed by atoms with Gasteiger partial charge >= 0.3 is 11.9 Å². The molecule has 0 aliphatic carbocycles. The summed E-state index contributed by atoms with van der Waals surface area (Å²) in [5.41, 5.74) is 6.48. The summed E-state index contributed by atoms with van der Waals surface area (Å²) in [6, 6.07) is 3.81. The number of aromatic hydroxyl groups is 1. The number of fused-ring (bicyclic) bond motifs is 3. The number of amides is 3. The number of carboxylic acid groups (broad SMARTS) is 2. The van der Waals surface area contributed by atoms with Crippen LogP contribution in [0.4, 0.5) is 0 Å². The van der Waals surface area contributed by atoms with Crippen LogP contribution in [-0.4, -0.2) is 78.5 Å². The number of aryl methyl sites for hydroxylation is 1. The molecule has 2 aromatic heterocycles. The van der Waals surface area contributed by atoms with Crippen LogP contribution in [-0.2, 0) is 25.6 Å². The predicted octanol–water partition coefficient (Wildman–Crippen LogP) is 0.878. The molecule has 200 valence electrons. The Morgan fingerprint density at radius 2 is 1.89 bits per heavy atom. The maximum atomic E-state index is 13.0. The number of nitrogens with zero attached hydrogens (tertiary/aromatic N) is 2. The van der Waals surface area contributed by atoms with Gasteiger partial charge in [-0.3, -0.25) is 14.4 Å². The summed E-state index contributed by atoms with van der Waals surface area (Å²) in [5, 5.41) is 32.3. The predicted molar refractivity (Wildman–Crippen MR) is 133 cm³/mol. The first-order chi connectivity index (χ1) is 18.0. The number of carbonyl (C=O) groups excluding carboxylic acids is 3. The van der Waals surface area contributed by atoms with Crippen molar-refractivity contribution in [1.29, 1.82) is 0 Å². The van der Waals surface area contributed by atoms with Crippen LogP contribution >= 0.6 is 0 Å². The van der Waals surface area contributed by atoms with Crippen LogP contribution in [0.25, 0.3) is 21.8 Å². The highest BCUT2D eigenvalue weighted by molar-refractivity contribution is 6.10. The van der Waals surface area contributed by atoms with Crippen molar-refractivity contribution in [3.63, 3.8) is 0 Å². The van der Waals surface area contributed by atoms with Gasteiger partial charge in [0.05, 0.1) is 11.2 Å². The lowest BCUT2D eigenvalue weighted by atomic mass is 10.1. The zero-order chi connectivity index (χ0) is 27.6. The maximum Gasteiger partial charge on any atom is 0.326 e. The maximum absolute atomic E-state index is 13.0. The number of nitrogens with one attached hydrogen (secondary N) is 2. The molecule has 0 bridgehead atoms. The van der Waals surface area contributed by atoms with Crippen molar-refractivity contribution in [1.82, 2.24) is 20.2 Å². The Kier molecular flexibility index (Phi) is 7.46. The van der Waals surface area contributed by atoms with Crippen LogP contribution in [0.3, 0.4) is 0 Å². The molecule has 1 fully saturated rings. The van der Waals surface area contributed by atoms with E-state index < -0.39 is 35.8 Å². The number of pyridine rings is 1. The fraction of sp³-hybridized carbons (Fsp3) is 0.360. The lowest BCUT2D eigenvalue weighted by Crippen LogP contribution is -2.41. The third kappa shape index (κ3) is 5.51. The molecule has 3 heterocycles. The van der Waals surface area contributed by atoms with E-state index in [1.165, 1.54) is 23.1 Å². The number of aliphatic carboxylic acids is 2. The molecule has 2 atom stereocenters.